The molecule has 2 atom stereocenters. The molecule has 5 rings (SSSR count). The standard InChI is InChI=1S/2C9H18NO2P.3C9H16O2.C8H12O2.2CH4.3Fe.H2NP.H2/c2*11-9(12-10-13)7-3-6-8-4-1-2-5-8;3*10-9(11)7-3-6-8-4-1-2-5-8;1-2-3-4-5-6-7-8(9)10;;;;;;1-2;/h2*8,10H,1-7,13H2;3*8H,1-7H2,(H,10,11);2-4H,1,5-7H2,(H,9,10);2*1H4;;;;1-2H;1H/i;;;;;;;;;;;;1+1D. The molecule has 454 valence electrons. The van der Waals surface area contributed by atoms with Crippen molar-refractivity contribution in [3.05, 3.63) is 24.8 Å². The Labute approximate surface area is 502 Å². The summed E-state index contributed by atoms with van der Waals surface area (Å²) in [6.07, 6.45) is 46.8. The number of nitrogens with one attached hydrogen (secondary N) is 3. The molecule has 0 saturated heterocycles. The second-order valence-corrected chi connectivity index (χ2v) is 20.0. The molecule has 2 unspecified atom stereocenters. The molecule has 5 aliphatic carbocycles. The van der Waals surface area contributed by atoms with Crippen molar-refractivity contribution in [1.82, 2.24) is 10.5 Å². The third-order valence-electron chi connectivity index (χ3n) is 13.7. The summed E-state index contributed by atoms with van der Waals surface area (Å²) < 4.78 is 10.0. The van der Waals surface area contributed by atoms with E-state index >= 15 is 0 Å². The fourth-order valence-electron chi connectivity index (χ4n) is 9.99. The summed E-state index contributed by atoms with van der Waals surface area (Å²) in [5, 5.41) is 43.6. The van der Waals surface area contributed by atoms with Crippen LogP contribution in [0.3, 0.4) is 0 Å². The van der Waals surface area contributed by atoms with Crippen molar-refractivity contribution in [2.24, 2.45) is 29.6 Å². The van der Waals surface area contributed by atoms with Gasteiger partial charge in [-0.2, -0.15) is 0 Å². The Morgan fingerprint density at radius 1 is 0.474 bits per heavy atom. The molecule has 21 heteroatoms. The predicted octanol–water partition coefficient (Wildman–Crippen LogP) is 16.0. The molecule has 15 nitrogen and oxygen atoms in total. The molecule has 76 heavy (non-hydrogen) atoms. The van der Waals surface area contributed by atoms with Gasteiger partial charge in [0.1, 0.15) is 0 Å². The number of carboxylic acid groups (broad SMARTS) is 4. The third kappa shape index (κ3) is 63.6. The van der Waals surface area contributed by atoms with Crippen molar-refractivity contribution >= 4 is 63.6 Å². The minimum absolute atomic E-state index is 0. The molecular formula is C55H108Fe3N3O12P3. The Hall–Kier alpha value is -1.26. The van der Waals surface area contributed by atoms with Crippen LogP contribution in [-0.4, -0.2) is 56.2 Å². The number of hydrogen-bond donors (Lipinski definition) is 7. The average molecular weight is 1270 g/mol. The van der Waals surface area contributed by atoms with E-state index in [1.807, 2.05) is 12.2 Å². The van der Waals surface area contributed by atoms with E-state index in [1.54, 1.807) is 6.08 Å². The van der Waals surface area contributed by atoms with Crippen molar-refractivity contribution in [2.45, 2.75) is 259 Å². The van der Waals surface area contributed by atoms with Crippen LogP contribution >= 0.6 is 27.8 Å². The monoisotopic (exact) mass is 1270 g/mol. The zero-order valence-corrected chi connectivity index (χ0v) is 51.1. The minimum Gasteiger partial charge on any atom is -0.481 e. The minimum atomic E-state index is -0.730. The molecule has 0 aromatic rings. The van der Waals surface area contributed by atoms with E-state index in [4.69, 9.17) is 28.6 Å². The van der Waals surface area contributed by atoms with Gasteiger partial charge < -0.3 is 30.1 Å². The molecule has 0 heterocycles. The van der Waals surface area contributed by atoms with E-state index in [-0.39, 0.29) is 84.4 Å². The van der Waals surface area contributed by atoms with Gasteiger partial charge in [0.2, 0.25) is 0 Å². The van der Waals surface area contributed by atoms with Crippen LogP contribution in [0.5, 0.6) is 0 Å². The molecule has 5 fully saturated rings. The van der Waals surface area contributed by atoms with Crippen molar-refractivity contribution in [3.8, 4) is 0 Å². The van der Waals surface area contributed by atoms with E-state index in [1.165, 1.54) is 141 Å². The second-order valence-electron chi connectivity index (χ2n) is 19.5. The van der Waals surface area contributed by atoms with Gasteiger partial charge in [-0.3, -0.25) is 33.9 Å². The van der Waals surface area contributed by atoms with E-state index in [0.29, 0.717) is 38.5 Å². The summed E-state index contributed by atoms with van der Waals surface area (Å²) in [4.78, 5) is 71.5. The number of carbonyl (C=O) groups is 6. The van der Waals surface area contributed by atoms with Crippen molar-refractivity contribution in [3.63, 3.8) is 0 Å². The first-order valence-electron chi connectivity index (χ1n) is 28.0. The van der Waals surface area contributed by atoms with Crippen molar-refractivity contribution in [1.29, 1.82) is 5.16 Å². The van der Waals surface area contributed by atoms with E-state index in [0.717, 1.165) is 87.4 Å². The molecule has 5 aliphatic rings. The Bertz CT molecular complexity index is 1300. The van der Waals surface area contributed by atoms with Crippen LogP contribution in [0.15, 0.2) is 24.8 Å². The zero-order chi connectivity index (χ0) is 55.2. The fourth-order valence-corrected chi connectivity index (χ4v) is 10.3. The number of hydrogen-bond acceptors (Lipinski definition) is 11. The molecule has 0 radical (unpaired) electrons. The van der Waals surface area contributed by atoms with Gasteiger partial charge in [0.05, 0.1) is 0 Å². The van der Waals surface area contributed by atoms with Crippen LogP contribution in [0, 0.1) is 34.8 Å². The third-order valence-corrected chi connectivity index (χ3v) is 14.0. The fraction of sp³-hybridized carbons (Fsp3) is 0.818. The second kappa shape index (κ2) is 66.3. The van der Waals surface area contributed by atoms with Gasteiger partial charge in [0.15, 0.2) is 0 Å². The van der Waals surface area contributed by atoms with E-state index in [9.17, 15) is 28.8 Å². The summed E-state index contributed by atoms with van der Waals surface area (Å²) in [5.41, 5.74) is 0. The first kappa shape index (κ1) is 86.0. The maximum Gasteiger partial charge on any atom is 0.325 e. The molecule has 0 spiro atoms. The van der Waals surface area contributed by atoms with Gasteiger partial charge in [-0.1, -0.05) is 168 Å². The molecule has 0 bridgehead atoms. The van der Waals surface area contributed by atoms with Gasteiger partial charge in [-0.15, -0.1) is 10.5 Å². The van der Waals surface area contributed by atoms with Crippen LogP contribution in [0.4, 0.5) is 0 Å². The molecule has 0 amide bonds. The summed E-state index contributed by atoms with van der Waals surface area (Å²) in [6, 6.07) is 0. The maximum atomic E-state index is 10.9. The van der Waals surface area contributed by atoms with Crippen molar-refractivity contribution < 1.29 is 113 Å². The summed E-state index contributed by atoms with van der Waals surface area (Å²) in [7, 11) is 6.51. The first-order valence-corrected chi connectivity index (χ1v) is 28.6. The number of rotatable bonds is 27. The molecular weight excluding hydrogens is 1160 g/mol. The number of carbonyl (C=O) groups excluding carboxylic acids is 2. The zero-order valence-electron chi connectivity index (χ0n) is 46.5. The van der Waals surface area contributed by atoms with Gasteiger partial charge in [0, 0.05) is 92.7 Å². The van der Waals surface area contributed by atoms with Crippen LogP contribution in [-0.2, 0) is 89.6 Å². The smallest absolute Gasteiger partial charge is 0.325 e. The van der Waals surface area contributed by atoms with Crippen LogP contribution in [0.2, 0.25) is 0 Å². The van der Waals surface area contributed by atoms with Gasteiger partial charge in [-0.05, 0) is 134 Å². The van der Waals surface area contributed by atoms with Gasteiger partial charge in [-0.25, -0.2) is 0 Å². The molecule has 0 aromatic carbocycles. The van der Waals surface area contributed by atoms with Crippen LogP contribution < -0.4 is 10.5 Å². The molecule has 0 aromatic heterocycles. The Balaban J connectivity index is -0.000000123. The Kier molecular flexibility index (Phi) is 75.0. The number of allylic oxidation sites excluding steroid dienone is 3. The van der Waals surface area contributed by atoms with Crippen LogP contribution in [0.1, 0.15) is 262 Å². The maximum absolute atomic E-state index is 10.9. The predicted molar refractivity (Wildman–Crippen MR) is 307 cm³/mol. The largest absolute Gasteiger partial charge is 0.481 e. The molecule has 0 aliphatic heterocycles. The number of unbranched alkanes of at least 4 members (excludes halogenated alkanes) is 1. The average Bonchev–Trinajstić information content (AvgIpc) is 4.24. The topological polar surface area (TPSA) is 250 Å². The quantitative estimate of drug-likeness (QED) is 0.0133. The Morgan fingerprint density at radius 2 is 0.684 bits per heavy atom. The number of carboxylic acids is 4. The summed E-state index contributed by atoms with van der Waals surface area (Å²) >= 11 is 0. The van der Waals surface area contributed by atoms with Crippen molar-refractivity contribution in [2.75, 3.05) is 0 Å². The van der Waals surface area contributed by atoms with Gasteiger partial charge in [0.25, 0.3) is 0 Å². The summed E-state index contributed by atoms with van der Waals surface area (Å²) in [6.45, 7) is 3.49. The van der Waals surface area contributed by atoms with Crippen LogP contribution in [0.25, 0.3) is 0 Å². The Morgan fingerprint density at radius 3 is 0.882 bits per heavy atom. The van der Waals surface area contributed by atoms with Gasteiger partial charge >= 0.3 is 35.8 Å². The molecule has 7 N–H and O–H groups in total. The molecule has 5 saturated carbocycles. The first-order chi connectivity index (χ1) is 35.3. The normalized spacial score (nSPS) is 15.7. The van der Waals surface area contributed by atoms with E-state index < -0.39 is 23.9 Å². The summed E-state index contributed by atoms with van der Waals surface area (Å²) in [5.74, 6) is 1.27. The number of aliphatic carboxylic acids is 4. The SMILES string of the molecule is C.C.C=CC=CCCCC(=O)O.N=P.O=C(CCCC1CCCC1)ONP.O=C(CCCC1CCCC1)ONP.O=C(O)CCCC1CCCC1.O=C(O)CCCC1CCCC1.O=C(O)CCCC1CCCC1.[2H][2H].[Fe].[Fe].[Fe]. The van der Waals surface area contributed by atoms with E-state index in [2.05, 4.69) is 54.6 Å².